The number of aromatic nitrogens is 1. The van der Waals surface area contributed by atoms with Crippen LogP contribution in [0.2, 0.25) is 0 Å². The summed E-state index contributed by atoms with van der Waals surface area (Å²) >= 11 is 0. The highest BCUT2D eigenvalue weighted by Crippen LogP contribution is 2.11. The third kappa shape index (κ3) is 5.84. The zero-order chi connectivity index (χ0) is 15.8. The summed E-state index contributed by atoms with van der Waals surface area (Å²) < 4.78 is 5.60. The van der Waals surface area contributed by atoms with Crippen molar-refractivity contribution < 1.29 is 9.84 Å². The van der Waals surface area contributed by atoms with Crippen LogP contribution in [0.25, 0.3) is 0 Å². The molecular weight excluding hydrogens is 276 g/mol. The fourth-order valence-electron chi connectivity index (χ4n) is 2.20. The number of hydrogen-bond donors (Lipinski definition) is 1. The second-order valence-corrected chi connectivity index (χ2v) is 5.65. The fraction of sp³-hybridized carbons (Fsp3) is 0.389. The molecule has 0 aliphatic rings. The fourth-order valence-corrected chi connectivity index (χ4v) is 2.20. The molecule has 118 valence electrons. The van der Waals surface area contributed by atoms with E-state index in [1.54, 1.807) is 12.4 Å². The molecule has 4 nitrogen and oxygen atoms in total. The molecule has 0 spiro atoms. The summed E-state index contributed by atoms with van der Waals surface area (Å²) in [5.41, 5.74) is 2.45. The molecule has 2 aromatic rings. The van der Waals surface area contributed by atoms with Crippen molar-refractivity contribution >= 4 is 0 Å². The van der Waals surface area contributed by atoms with Gasteiger partial charge in [0.05, 0.1) is 0 Å². The number of rotatable bonds is 8. The van der Waals surface area contributed by atoms with Crippen LogP contribution in [-0.2, 0) is 6.42 Å². The van der Waals surface area contributed by atoms with Gasteiger partial charge < -0.3 is 14.7 Å². The summed E-state index contributed by atoms with van der Waals surface area (Å²) in [7, 11) is 2.01. The van der Waals surface area contributed by atoms with Crippen LogP contribution in [0.15, 0.2) is 48.8 Å². The molecule has 1 unspecified atom stereocenters. The Morgan fingerprint density at radius 2 is 1.82 bits per heavy atom. The Balaban J connectivity index is 1.67. The van der Waals surface area contributed by atoms with Gasteiger partial charge in [0.15, 0.2) is 0 Å². The van der Waals surface area contributed by atoms with E-state index >= 15 is 0 Å². The normalized spacial score (nSPS) is 12.4. The third-order valence-corrected chi connectivity index (χ3v) is 3.52. The Morgan fingerprint density at radius 1 is 1.14 bits per heavy atom. The van der Waals surface area contributed by atoms with E-state index < -0.39 is 6.10 Å². The first-order valence-corrected chi connectivity index (χ1v) is 7.58. The van der Waals surface area contributed by atoms with Crippen molar-refractivity contribution in [2.24, 2.45) is 0 Å². The molecule has 0 bridgehead atoms. The number of ether oxygens (including phenoxy) is 1. The van der Waals surface area contributed by atoms with Crippen molar-refractivity contribution in [2.75, 3.05) is 26.7 Å². The lowest BCUT2D eigenvalue weighted by Crippen LogP contribution is -2.34. The van der Waals surface area contributed by atoms with E-state index in [4.69, 9.17) is 4.74 Å². The second kappa shape index (κ2) is 8.51. The van der Waals surface area contributed by atoms with Crippen LogP contribution >= 0.6 is 0 Å². The van der Waals surface area contributed by atoms with Gasteiger partial charge in [0, 0.05) is 25.5 Å². The standard InChI is InChI=1S/C18H24N2O2/c1-15-3-5-18(6-4-15)22-14-17(21)13-20(2)12-9-16-7-10-19-11-8-16/h3-8,10-11,17,21H,9,12-14H2,1-2H3. The van der Waals surface area contributed by atoms with E-state index in [0.717, 1.165) is 18.7 Å². The highest BCUT2D eigenvalue weighted by molar-refractivity contribution is 5.26. The molecule has 0 amide bonds. The minimum atomic E-state index is -0.497. The lowest BCUT2D eigenvalue weighted by Gasteiger charge is -2.20. The first-order chi connectivity index (χ1) is 10.6. The average molecular weight is 300 g/mol. The van der Waals surface area contributed by atoms with Crippen LogP contribution in [-0.4, -0.2) is 47.8 Å². The maximum Gasteiger partial charge on any atom is 0.119 e. The van der Waals surface area contributed by atoms with Crippen molar-refractivity contribution in [1.29, 1.82) is 0 Å². The topological polar surface area (TPSA) is 45.6 Å². The molecule has 2 rings (SSSR count). The number of likely N-dealkylation sites (N-methyl/N-ethyl adjacent to an activating group) is 1. The van der Waals surface area contributed by atoms with Gasteiger partial charge in [0.1, 0.15) is 18.5 Å². The summed E-state index contributed by atoms with van der Waals surface area (Å²) in [5.74, 6) is 0.795. The van der Waals surface area contributed by atoms with Gasteiger partial charge in [-0.3, -0.25) is 4.98 Å². The van der Waals surface area contributed by atoms with Crippen LogP contribution in [0.3, 0.4) is 0 Å². The number of aryl methyl sites for hydroxylation is 1. The summed E-state index contributed by atoms with van der Waals surface area (Å²) in [5, 5.41) is 10.1. The van der Waals surface area contributed by atoms with E-state index in [2.05, 4.69) is 9.88 Å². The second-order valence-electron chi connectivity index (χ2n) is 5.65. The molecule has 0 saturated carbocycles. The lowest BCUT2D eigenvalue weighted by atomic mass is 10.2. The molecular formula is C18H24N2O2. The maximum absolute atomic E-state index is 10.1. The molecule has 1 aromatic heterocycles. The predicted octanol–water partition coefficient (Wildman–Crippen LogP) is 2.30. The maximum atomic E-state index is 10.1. The number of hydrogen-bond acceptors (Lipinski definition) is 4. The van der Waals surface area contributed by atoms with Crippen LogP contribution in [0.4, 0.5) is 0 Å². The van der Waals surface area contributed by atoms with Gasteiger partial charge >= 0.3 is 0 Å². The molecule has 4 heteroatoms. The zero-order valence-corrected chi connectivity index (χ0v) is 13.3. The van der Waals surface area contributed by atoms with E-state index in [-0.39, 0.29) is 0 Å². The van der Waals surface area contributed by atoms with E-state index in [1.807, 2.05) is 50.4 Å². The molecule has 0 aliphatic heterocycles. The van der Waals surface area contributed by atoms with Gasteiger partial charge in [0.25, 0.3) is 0 Å². The molecule has 1 atom stereocenters. The first kappa shape index (κ1) is 16.5. The smallest absolute Gasteiger partial charge is 0.119 e. The molecule has 0 aliphatic carbocycles. The van der Waals surface area contributed by atoms with E-state index in [1.165, 1.54) is 11.1 Å². The highest BCUT2D eigenvalue weighted by atomic mass is 16.5. The minimum Gasteiger partial charge on any atom is -0.491 e. The van der Waals surface area contributed by atoms with E-state index in [0.29, 0.717) is 13.2 Å². The van der Waals surface area contributed by atoms with Gasteiger partial charge in [0.2, 0.25) is 0 Å². The first-order valence-electron chi connectivity index (χ1n) is 7.58. The van der Waals surface area contributed by atoms with Crippen molar-refractivity contribution in [2.45, 2.75) is 19.4 Å². The number of pyridine rings is 1. The van der Waals surface area contributed by atoms with Crippen molar-refractivity contribution in [3.05, 3.63) is 59.9 Å². The zero-order valence-electron chi connectivity index (χ0n) is 13.3. The van der Waals surface area contributed by atoms with Gasteiger partial charge in [-0.05, 0) is 50.2 Å². The highest BCUT2D eigenvalue weighted by Gasteiger charge is 2.09. The van der Waals surface area contributed by atoms with Crippen LogP contribution < -0.4 is 4.74 Å². The minimum absolute atomic E-state index is 0.308. The van der Waals surface area contributed by atoms with Crippen molar-refractivity contribution in [3.63, 3.8) is 0 Å². The predicted molar refractivity (Wildman–Crippen MR) is 88.1 cm³/mol. The van der Waals surface area contributed by atoms with Gasteiger partial charge in [-0.1, -0.05) is 17.7 Å². The number of aliphatic hydroxyl groups is 1. The monoisotopic (exact) mass is 300 g/mol. The van der Waals surface area contributed by atoms with Crippen LogP contribution in [0, 0.1) is 6.92 Å². The molecule has 1 heterocycles. The van der Waals surface area contributed by atoms with Crippen molar-refractivity contribution in [3.8, 4) is 5.75 Å². The Kier molecular flexibility index (Phi) is 6.37. The molecule has 22 heavy (non-hydrogen) atoms. The SMILES string of the molecule is Cc1ccc(OCC(O)CN(C)CCc2ccncc2)cc1. The Bertz CT molecular complexity index is 543. The number of nitrogens with zero attached hydrogens (tertiary/aromatic N) is 2. The molecule has 0 radical (unpaired) electrons. The van der Waals surface area contributed by atoms with Gasteiger partial charge in [-0.25, -0.2) is 0 Å². The lowest BCUT2D eigenvalue weighted by molar-refractivity contribution is 0.0767. The molecule has 1 aromatic carbocycles. The quantitative estimate of drug-likeness (QED) is 0.812. The Labute approximate surface area is 132 Å². The molecule has 0 fully saturated rings. The van der Waals surface area contributed by atoms with Gasteiger partial charge in [-0.15, -0.1) is 0 Å². The average Bonchev–Trinajstić information content (AvgIpc) is 2.53. The number of aliphatic hydroxyl groups excluding tert-OH is 1. The third-order valence-electron chi connectivity index (χ3n) is 3.52. The largest absolute Gasteiger partial charge is 0.491 e. The molecule has 1 N–H and O–H groups in total. The Hall–Kier alpha value is -1.91. The van der Waals surface area contributed by atoms with E-state index in [9.17, 15) is 5.11 Å². The summed E-state index contributed by atoms with van der Waals surface area (Å²) in [6.07, 6.45) is 4.06. The van der Waals surface area contributed by atoms with Crippen LogP contribution in [0.5, 0.6) is 5.75 Å². The molecule has 0 saturated heterocycles. The Morgan fingerprint density at radius 3 is 2.50 bits per heavy atom. The van der Waals surface area contributed by atoms with Crippen LogP contribution in [0.1, 0.15) is 11.1 Å². The summed E-state index contributed by atoms with van der Waals surface area (Å²) in [6, 6.07) is 11.9. The van der Waals surface area contributed by atoms with Crippen molar-refractivity contribution in [1.82, 2.24) is 9.88 Å². The summed E-state index contributed by atoms with van der Waals surface area (Å²) in [6.45, 7) is 3.83. The summed E-state index contributed by atoms with van der Waals surface area (Å²) in [4.78, 5) is 6.12. The van der Waals surface area contributed by atoms with Gasteiger partial charge in [-0.2, -0.15) is 0 Å². The number of benzene rings is 1.